The summed E-state index contributed by atoms with van der Waals surface area (Å²) >= 11 is 1.17. The van der Waals surface area contributed by atoms with Crippen molar-refractivity contribution in [2.45, 2.75) is 27.4 Å². The molecule has 5 nitrogen and oxygen atoms in total. The molecule has 0 aliphatic carbocycles. The number of benzene rings is 2. The van der Waals surface area contributed by atoms with Crippen molar-refractivity contribution in [1.29, 1.82) is 0 Å². The predicted octanol–water partition coefficient (Wildman–Crippen LogP) is 4.29. The lowest BCUT2D eigenvalue weighted by Crippen LogP contribution is -2.13. The minimum atomic E-state index is -0.161. The monoisotopic (exact) mass is 353 g/mol. The van der Waals surface area contributed by atoms with Gasteiger partial charge >= 0.3 is 0 Å². The van der Waals surface area contributed by atoms with Crippen LogP contribution in [0.5, 0.6) is 5.75 Å². The molecule has 0 atom stereocenters. The van der Waals surface area contributed by atoms with Crippen LogP contribution >= 0.6 is 11.7 Å². The fourth-order valence-corrected chi connectivity index (χ4v) is 2.89. The van der Waals surface area contributed by atoms with Crippen LogP contribution in [0.15, 0.2) is 42.5 Å². The van der Waals surface area contributed by atoms with E-state index >= 15 is 0 Å². The van der Waals surface area contributed by atoms with Gasteiger partial charge in [-0.25, -0.2) is 0 Å². The Morgan fingerprint density at radius 2 is 1.92 bits per heavy atom. The van der Waals surface area contributed by atoms with E-state index in [0.717, 1.165) is 28.2 Å². The molecule has 3 aromatic rings. The number of nitrogens with zero attached hydrogens (tertiary/aromatic N) is 2. The van der Waals surface area contributed by atoms with Gasteiger partial charge in [-0.2, -0.15) is 8.75 Å². The van der Waals surface area contributed by atoms with Crippen molar-refractivity contribution in [3.8, 4) is 5.75 Å². The maximum absolute atomic E-state index is 12.5. The van der Waals surface area contributed by atoms with Crippen LogP contribution in [-0.4, -0.2) is 14.7 Å². The number of ether oxygens (including phenoxy) is 1. The van der Waals surface area contributed by atoms with Gasteiger partial charge in [0.25, 0.3) is 5.91 Å². The highest BCUT2D eigenvalue weighted by Gasteiger charge is 2.10. The molecule has 2 aromatic carbocycles. The van der Waals surface area contributed by atoms with Gasteiger partial charge in [-0.15, -0.1) is 0 Å². The smallest absolute Gasteiger partial charge is 0.255 e. The van der Waals surface area contributed by atoms with Gasteiger partial charge in [-0.05, 0) is 56.2 Å². The molecule has 25 heavy (non-hydrogen) atoms. The lowest BCUT2D eigenvalue weighted by atomic mass is 10.1. The zero-order valence-electron chi connectivity index (χ0n) is 14.4. The first-order chi connectivity index (χ1) is 12.0. The average molecular weight is 353 g/mol. The average Bonchev–Trinajstić information content (AvgIpc) is 3.02. The van der Waals surface area contributed by atoms with Gasteiger partial charge in [0.2, 0.25) is 0 Å². The van der Waals surface area contributed by atoms with Crippen LogP contribution in [-0.2, 0) is 6.61 Å². The SMILES string of the molecule is Cc1cccc(NC(=O)c2cccc(OCc3nsnc3C)c2)c1C. The molecule has 3 rings (SSSR count). The van der Waals surface area contributed by atoms with Crippen LogP contribution < -0.4 is 10.1 Å². The summed E-state index contributed by atoms with van der Waals surface area (Å²) in [5.74, 6) is 0.465. The van der Waals surface area contributed by atoms with E-state index in [-0.39, 0.29) is 5.91 Å². The number of carbonyl (C=O) groups is 1. The van der Waals surface area contributed by atoms with Crippen molar-refractivity contribution in [3.05, 3.63) is 70.5 Å². The summed E-state index contributed by atoms with van der Waals surface area (Å²) in [5.41, 5.74) is 5.26. The molecular weight excluding hydrogens is 334 g/mol. The highest BCUT2D eigenvalue weighted by atomic mass is 32.1. The number of rotatable bonds is 5. The molecule has 0 radical (unpaired) electrons. The van der Waals surface area contributed by atoms with Crippen molar-refractivity contribution in [1.82, 2.24) is 8.75 Å². The Labute approximate surface area is 151 Å². The van der Waals surface area contributed by atoms with Crippen molar-refractivity contribution >= 4 is 23.3 Å². The van der Waals surface area contributed by atoms with Crippen molar-refractivity contribution in [2.75, 3.05) is 5.32 Å². The first kappa shape index (κ1) is 17.1. The Morgan fingerprint density at radius 3 is 2.68 bits per heavy atom. The molecular formula is C19H19N3O2S. The number of anilines is 1. The fraction of sp³-hybridized carbons (Fsp3) is 0.211. The second-order valence-electron chi connectivity index (χ2n) is 5.81. The molecule has 0 fully saturated rings. The molecule has 0 spiro atoms. The second-order valence-corrected chi connectivity index (χ2v) is 6.34. The third-order valence-electron chi connectivity index (χ3n) is 4.07. The molecule has 1 aromatic heterocycles. The summed E-state index contributed by atoms with van der Waals surface area (Å²) in [6.07, 6.45) is 0. The van der Waals surface area contributed by atoms with E-state index in [1.165, 1.54) is 11.7 Å². The van der Waals surface area contributed by atoms with Gasteiger partial charge in [0, 0.05) is 11.3 Å². The Hall–Kier alpha value is -2.73. The van der Waals surface area contributed by atoms with Gasteiger partial charge in [0.1, 0.15) is 18.1 Å². The first-order valence-corrected chi connectivity index (χ1v) is 8.66. The molecule has 0 unspecified atom stereocenters. The van der Waals surface area contributed by atoms with Crippen LogP contribution in [0.25, 0.3) is 0 Å². The van der Waals surface area contributed by atoms with E-state index in [1.807, 2.05) is 45.0 Å². The van der Waals surface area contributed by atoms with Gasteiger partial charge in [-0.3, -0.25) is 4.79 Å². The third-order valence-corrected chi connectivity index (χ3v) is 4.73. The molecule has 0 aliphatic heterocycles. The highest BCUT2D eigenvalue weighted by molar-refractivity contribution is 6.99. The van der Waals surface area contributed by atoms with E-state index in [4.69, 9.17) is 4.74 Å². The summed E-state index contributed by atoms with van der Waals surface area (Å²) < 4.78 is 14.1. The molecule has 1 amide bonds. The highest BCUT2D eigenvalue weighted by Crippen LogP contribution is 2.20. The Balaban J connectivity index is 1.71. The molecule has 0 bridgehead atoms. The number of aryl methyl sites for hydroxylation is 2. The summed E-state index contributed by atoms with van der Waals surface area (Å²) in [4.78, 5) is 12.5. The predicted molar refractivity (Wildman–Crippen MR) is 99.3 cm³/mol. The number of aromatic nitrogens is 2. The lowest BCUT2D eigenvalue weighted by Gasteiger charge is -2.11. The zero-order chi connectivity index (χ0) is 17.8. The van der Waals surface area contributed by atoms with E-state index < -0.39 is 0 Å². The topological polar surface area (TPSA) is 64.1 Å². The normalized spacial score (nSPS) is 10.5. The van der Waals surface area contributed by atoms with Crippen molar-refractivity contribution < 1.29 is 9.53 Å². The quantitative estimate of drug-likeness (QED) is 0.743. The van der Waals surface area contributed by atoms with Crippen LogP contribution in [0.4, 0.5) is 5.69 Å². The van der Waals surface area contributed by atoms with E-state index in [0.29, 0.717) is 17.9 Å². The summed E-state index contributed by atoms with van der Waals surface area (Å²) in [6.45, 7) is 6.25. The summed E-state index contributed by atoms with van der Waals surface area (Å²) in [7, 11) is 0. The molecule has 1 heterocycles. The number of nitrogens with one attached hydrogen (secondary N) is 1. The number of hydrogen-bond donors (Lipinski definition) is 1. The minimum Gasteiger partial charge on any atom is -0.487 e. The van der Waals surface area contributed by atoms with Crippen LogP contribution in [0.3, 0.4) is 0 Å². The molecule has 0 saturated heterocycles. The van der Waals surface area contributed by atoms with E-state index in [1.54, 1.807) is 18.2 Å². The van der Waals surface area contributed by atoms with Crippen LogP contribution in [0.2, 0.25) is 0 Å². The van der Waals surface area contributed by atoms with Crippen molar-refractivity contribution in [3.63, 3.8) is 0 Å². The largest absolute Gasteiger partial charge is 0.487 e. The van der Waals surface area contributed by atoms with E-state index in [2.05, 4.69) is 14.1 Å². The fourth-order valence-electron chi connectivity index (χ4n) is 2.34. The maximum Gasteiger partial charge on any atom is 0.255 e. The van der Waals surface area contributed by atoms with Gasteiger partial charge in [0.15, 0.2) is 0 Å². The van der Waals surface area contributed by atoms with Gasteiger partial charge < -0.3 is 10.1 Å². The minimum absolute atomic E-state index is 0.161. The molecule has 0 saturated carbocycles. The Kier molecular flexibility index (Phi) is 5.09. The first-order valence-electron chi connectivity index (χ1n) is 7.93. The zero-order valence-corrected chi connectivity index (χ0v) is 15.2. The van der Waals surface area contributed by atoms with Crippen LogP contribution in [0, 0.1) is 20.8 Å². The second kappa shape index (κ2) is 7.44. The third kappa shape index (κ3) is 4.03. The standard InChI is InChI=1S/C19H19N3O2S/c1-12-6-4-9-17(13(12)2)20-19(23)15-7-5-8-16(10-15)24-11-18-14(3)21-25-22-18/h4-10H,11H2,1-3H3,(H,20,23). The molecule has 128 valence electrons. The van der Waals surface area contributed by atoms with Gasteiger partial charge in [0.05, 0.1) is 17.4 Å². The number of hydrogen-bond acceptors (Lipinski definition) is 5. The van der Waals surface area contributed by atoms with Crippen molar-refractivity contribution in [2.24, 2.45) is 0 Å². The maximum atomic E-state index is 12.5. The Bertz CT molecular complexity index is 905. The summed E-state index contributed by atoms with van der Waals surface area (Å²) in [6, 6.07) is 13.0. The van der Waals surface area contributed by atoms with Gasteiger partial charge in [-0.1, -0.05) is 18.2 Å². The molecule has 1 N–H and O–H groups in total. The van der Waals surface area contributed by atoms with E-state index in [9.17, 15) is 4.79 Å². The molecule has 0 aliphatic rings. The molecule has 6 heteroatoms. The number of carbonyl (C=O) groups excluding carboxylic acids is 1. The van der Waals surface area contributed by atoms with Crippen LogP contribution in [0.1, 0.15) is 32.9 Å². The number of amides is 1. The summed E-state index contributed by atoms with van der Waals surface area (Å²) in [5, 5.41) is 2.96. The lowest BCUT2D eigenvalue weighted by molar-refractivity contribution is 0.102. The Morgan fingerprint density at radius 1 is 1.12 bits per heavy atom.